The normalized spacial score (nSPS) is 22.2. The molecule has 3 aliphatic heterocycles. The van der Waals surface area contributed by atoms with E-state index in [1.807, 2.05) is 60.7 Å². The molecule has 44 heavy (non-hydrogen) atoms. The summed E-state index contributed by atoms with van der Waals surface area (Å²) in [6.45, 7) is 4.82. The van der Waals surface area contributed by atoms with Crippen molar-refractivity contribution in [2.45, 2.75) is 146 Å². The lowest BCUT2D eigenvalue weighted by molar-refractivity contribution is -0.956. The van der Waals surface area contributed by atoms with Crippen LogP contribution in [0.25, 0.3) is 0 Å². The number of carbonyl (C=O) groups excluding carboxylic acids is 2. The molecule has 5 rings (SSSR count). The molecule has 0 amide bonds. The first-order chi connectivity index (χ1) is 21.6. The molecule has 5 heteroatoms. The summed E-state index contributed by atoms with van der Waals surface area (Å²) in [5, 5.41) is 0. The average molecular weight is 603 g/mol. The van der Waals surface area contributed by atoms with Crippen LogP contribution in [0.3, 0.4) is 0 Å². The Morgan fingerprint density at radius 1 is 0.705 bits per heavy atom. The maximum absolute atomic E-state index is 14.5. The molecule has 3 fully saturated rings. The number of carbonyl (C=O) groups is 2. The van der Waals surface area contributed by atoms with E-state index in [4.69, 9.17) is 9.47 Å². The summed E-state index contributed by atoms with van der Waals surface area (Å²) in [6, 6.07) is 20.2. The fourth-order valence-electron chi connectivity index (χ4n) is 8.60. The molecule has 3 heterocycles. The van der Waals surface area contributed by atoms with Crippen molar-refractivity contribution in [2.24, 2.45) is 0 Å². The molecule has 0 N–H and O–H groups in total. The Morgan fingerprint density at radius 2 is 1.18 bits per heavy atom. The Labute approximate surface area is 266 Å². The van der Waals surface area contributed by atoms with Gasteiger partial charge in [0.25, 0.3) is 5.60 Å². The van der Waals surface area contributed by atoms with Gasteiger partial charge >= 0.3 is 11.9 Å². The molecule has 0 radical (unpaired) electrons. The topological polar surface area (TPSA) is 52.6 Å². The maximum Gasteiger partial charge on any atom is 0.360 e. The highest BCUT2D eigenvalue weighted by Crippen LogP contribution is 2.47. The van der Waals surface area contributed by atoms with Gasteiger partial charge in [0.15, 0.2) is 0 Å². The number of rotatable bonds is 17. The van der Waals surface area contributed by atoms with Crippen LogP contribution in [-0.2, 0) is 24.7 Å². The third-order valence-corrected chi connectivity index (χ3v) is 10.9. The fourth-order valence-corrected chi connectivity index (χ4v) is 8.60. The number of unbranched alkanes of at least 4 members (excludes halogenated alkanes) is 10. The molecule has 2 aromatic carbocycles. The summed E-state index contributed by atoms with van der Waals surface area (Å²) in [6.07, 6.45) is 20.5. The predicted octanol–water partition coefficient (Wildman–Crippen LogP) is 9.02. The Balaban J connectivity index is 1.23. The molecule has 0 aromatic heterocycles. The van der Waals surface area contributed by atoms with Crippen LogP contribution in [0.15, 0.2) is 60.7 Å². The highest BCUT2D eigenvalue weighted by atomic mass is 16.6. The molecule has 3 saturated heterocycles. The lowest BCUT2D eigenvalue weighted by atomic mass is 9.85. The van der Waals surface area contributed by atoms with E-state index in [1.165, 1.54) is 94.6 Å². The van der Waals surface area contributed by atoms with Gasteiger partial charge in [-0.2, -0.15) is 0 Å². The van der Waals surface area contributed by atoms with E-state index in [0.29, 0.717) is 29.6 Å². The van der Waals surface area contributed by atoms with Crippen molar-refractivity contribution < 1.29 is 23.5 Å². The minimum absolute atomic E-state index is 0.138. The second-order valence-corrected chi connectivity index (χ2v) is 13.8. The van der Waals surface area contributed by atoms with Gasteiger partial charge in [0, 0.05) is 56.1 Å². The number of ether oxygens (including phenoxy) is 2. The van der Waals surface area contributed by atoms with Crippen LogP contribution < -0.4 is 0 Å². The molecule has 2 unspecified atom stereocenters. The smallest absolute Gasteiger partial charge is 0.360 e. The van der Waals surface area contributed by atoms with Gasteiger partial charge in [0.1, 0.15) is 6.10 Å². The summed E-state index contributed by atoms with van der Waals surface area (Å²) in [5.74, 6) is -0.794. The second-order valence-electron chi connectivity index (χ2n) is 13.8. The van der Waals surface area contributed by atoms with Crippen LogP contribution >= 0.6 is 0 Å². The number of esters is 2. The van der Waals surface area contributed by atoms with Crippen LogP contribution in [0.5, 0.6) is 0 Å². The summed E-state index contributed by atoms with van der Waals surface area (Å²) in [7, 11) is 0. The Bertz CT molecular complexity index is 1100. The van der Waals surface area contributed by atoms with Crippen LogP contribution in [0.2, 0.25) is 0 Å². The lowest BCUT2D eigenvalue weighted by Gasteiger charge is -2.47. The van der Waals surface area contributed by atoms with Crippen LogP contribution in [-0.4, -0.2) is 47.7 Å². The molecule has 3 aliphatic rings. The predicted molar refractivity (Wildman–Crippen MR) is 176 cm³/mol. The quantitative estimate of drug-likeness (QED) is 0.103. The molecule has 0 saturated carbocycles. The number of benzene rings is 2. The van der Waals surface area contributed by atoms with Crippen LogP contribution in [0.1, 0.15) is 134 Å². The van der Waals surface area contributed by atoms with Gasteiger partial charge in [-0.3, -0.25) is 4.79 Å². The first kappa shape index (κ1) is 32.7. The SMILES string of the molecule is CCCCCCCCCCCCCC(=O)OC(C(=O)OC1CC2CCC(C1)[N+]21CCCC1)(c1ccccc1)c1ccccc1. The van der Waals surface area contributed by atoms with E-state index in [0.717, 1.165) is 32.1 Å². The third-order valence-electron chi connectivity index (χ3n) is 10.9. The van der Waals surface area contributed by atoms with Crippen molar-refractivity contribution in [2.75, 3.05) is 13.1 Å². The summed E-state index contributed by atoms with van der Waals surface area (Å²) < 4.78 is 14.0. The highest BCUT2D eigenvalue weighted by molar-refractivity contribution is 5.89. The van der Waals surface area contributed by atoms with Crippen molar-refractivity contribution in [1.82, 2.24) is 0 Å². The van der Waals surface area contributed by atoms with Crippen molar-refractivity contribution in [3.63, 3.8) is 0 Å². The van der Waals surface area contributed by atoms with Crippen molar-refractivity contribution in [3.05, 3.63) is 71.8 Å². The maximum atomic E-state index is 14.5. The van der Waals surface area contributed by atoms with Gasteiger partial charge in [0.05, 0.1) is 25.2 Å². The number of hydrogen-bond acceptors (Lipinski definition) is 4. The molecule has 2 aromatic rings. The van der Waals surface area contributed by atoms with E-state index in [-0.39, 0.29) is 12.1 Å². The standard InChI is InChI=1S/C39H56NO4/c1-2-3-4-5-6-7-8-9-10-11-18-25-37(41)44-39(32-21-14-12-15-22-32,33-23-16-13-17-24-33)38(42)43-36-30-34-26-27-35(31-36)40(34)28-19-20-29-40/h12-17,21-24,34-36H,2-11,18-20,25-31H2,1H3/q+1. The molecule has 1 spiro atoms. The zero-order valence-electron chi connectivity index (χ0n) is 27.2. The van der Waals surface area contributed by atoms with E-state index in [1.54, 1.807) is 0 Å². The molecule has 0 aliphatic carbocycles. The van der Waals surface area contributed by atoms with Gasteiger partial charge < -0.3 is 14.0 Å². The zero-order valence-corrected chi connectivity index (χ0v) is 27.2. The van der Waals surface area contributed by atoms with E-state index in [2.05, 4.69) is 6.92 Å². The summed E-state index contributed by atoms with van der Waals surface area (Å²) in [5.41, 5.74) is -0.330. The fraction of sp³-hybridized carbons (Fsp3) is 0.641. The molecule has 240 valence electrons. The number of nitrogens with zero attached hydrogens (tertiary/aromatic N) is 1. The number of hydrogen-bond donors (Lipinski definition) is 0. The van der Waals surface area contributed by atoms with Gasteiger partial charge in [-0.1, -0.05) is 132 Å². The zero-order chi connectivity index (χ0) is 30.7. The highest BCUT2D eigenvalue weighted by Gasteiger charge is 2.57. The minimum atomic E-state index is -1.62. The Hall–Kier alpha value is -2.66. The number of piperidine rings is 1. The Kier molecular flexibility index (Phi) is 11.9. The van der Waals surface area contributed by atoms with Gasteiger partial charge in [-0.05, 0) is 6.42 Å². The molecule has 2 bridgehead atoms. The number of quaternary nitrogens is 1. The average Bonchev–Trinajstić information content (AvgIpc) is 3.59. The van der Waals surface area contributed by atoms with Crippen molar-refractivity contribution in [3.8, 4) is 0 Å². The van der Waals surface area contributed by atoms with Crippen LogP contribution in [0.4, 0.5) is 0 Å². The third kappa shape index (κ3) is 7.58. The molecular formula is C39H56NO4+. The van der Waals surface area contributed by atoms with Crippen LogP contribution in [0, 0.1) is 0 Å². The largest absolute Gasteiger partial charge is 0.458 e. The minimum Gasteiger partial charge on any atom is -0.458 e. The van der Waals surface area contributed by atoms with Gasteiger partial charge in [-0.25, -0.2) is 4.79 Å². The molecular weight excluding hydrogens is 546 g/mol. The first-order valence-corrected chi connectivity index (χ1v) is 18.0. The van der Waals surface area contributed by atoms with Crippen molar-refractivity contribution in [1.29, 1.82) is 0 Å². The first-order valence-electron chi connectivity index (χ1n) is 18.0. The van der Waals surface area contributed by atoms with E-state index >= 15 is 0 Å². The lowest BCUT2D eigenvalue weighted by Crippen LogP contribution is -2.60. The Morgan fingerprint density at radius 3 is 1.68 bits per heavy atom. The van der Waals surface area contributed by atoms with E-state index in [9.17, 15) is 9.59 Å². The van der Waals surface area contributed by atoms with E-state index < -0.39 is 11.6 Å². The van der Waals surface area contributed by atoms with Gasteiger partial charge in [0.2, 0.25) is 0 Å². The summed E-state index contributed by atoms with van der Waals surface area (Å²) >= 11 is 0. The molecule has 2 atom stereocenters. The monoisotopic (exact) mass is 602 g/mol. The van der Waals surface area contributed by atoms with Gasteiger partial charge in [-0.15, -0.1) is 0 Å². The van der Waals surface area contributed by atoms with Crippen molar-refractivity contribution >= 4 is 11.9 Å². The molecule has 5 nitrogen and oxygen atoms in total. The second kappa shape index (κ2) is 16.1. The summed E-state index contributed by atoms with van der Waals surface area (Å²) in [4.78, 5) is 28.0.